The lowest BCUT2D eigenvalue weighted by Crippen LogP contribution is -2.51. The Labute approximate surface area is 221 Å². The van der Waals surface area contributed by atoms with E-state index in [0.29, 0.717) is 55.8 Å². The molecule has 5 rings (SSSR count). The number of hydrogen-bond acceptors (Lipinski definition) is 6. The van der Waals surface area contributed by atoms with Crippen molar-refractivity contribution in [1.29, 1.82) is 0 Å². The number of hydrogen-bond donors (Lipinski definition) is 1. The molecule has 0 atom stereocenters. The van der Waals surface area contributed by atoms with Gasteiger partial charge in [0.1, 0.15) is 5.54 Å². The number of nitrogens with zero attached hydrogens (tertiary/aromatic N) is 2. The second-order valence-electron chi connectivity index (χ2n) is 9.48. The van der Waals surface area contributed by atoms with Gasteiger partial charge in [-0.3, -0.25) is 14.5 Å². The summed E-state index contributed by atoms with van der Waals surface area (Å²) in [6.45, 7) is 2.04. The number of rotatable bonds is 8. The molecule has 1 N–H and O–H groups in total. The number of Topliss-reactive ketones (excluding diaryl/α,β-unsaturated/α-hetero) is 1. The largest absolute Gasteiger partial charge is 0.573 e. The van der Waals surface area contributed by atoms with E-state index >= 15 is 0 Å². The van der Waals surface area contributed by atoms with Crippen molar-refractivity contribution in [1.82, 2.24) is 9.88 Å². The molecule has 3 aromatic rings. The lowest BCUT2D eigenvalue weighted by Gasteiger charge is -2.34. The number of pyridine rings is 1. The Morgan fingerprint density at radius 1 is 1.05 bits per heavy atom. The van der Waals surface area contributed by atoms with Gasteiger partial charge >= 0.3 is 6.36 Å². The maximum atomic E-state index is 14.0. The predicted molar refractivity (Wildman–Crippen MR) is 134 cm³/mol. The number of ketones is 1. The first kappa shape index (κ1) is 26.8. The normalized spacial score (nSPS) is 16.9. The van der Waals surface area contributed by atoms with Gasteiger partial charge in [0, 0.05) is 36.8 Å². The highest BCUT2D eigenvalue weighted by molar-refractivity contribution is 6.03. The Kier molecular flexibility index (Phi) is 7.37. The van der Waals surface area contributed by atoms with Gasteiger partial charge in [0.05, 0.1) is 18.9 Å². The highest BCUT2D eigenvalue weighted by Gasteiger charge is 2.54. The second-order valence-corrected chi connectivity index (χ2v) is 9.48. The summed E-state index contributed by atoms with van der Waals surface area (Å²) in [5, 5.41) is 2.58. The van der Waals surface area contributed by atoms with Crippen molar-refractivity contribution in [2.75, 3.05) is 31.6 Å². The van der Waals surface area contributed by atoms with Crippen molar-refractivity contribution < 1.29 is 36.6 Å². The summed E-state index contributed by atoms with van der Waals surface area (Å²) in [6.07, 6.45) is -2.54. The van der Waals surface area contributed by atoms with Crippen LogP contribution in [0.2, 0.25) is 0 Å². The molecular weight excluding hydrogens is 518 g/mol. The number of anilines is 1. The van der Waals surface area contributed by atoms with Crippen LogP contribution >= 0.6 is 0 Å². The third-order valence-electron chi connectivity index (χ3n) is 6.93. The number of ether oxygens (including phenoxy) is 2. The molecule has 1 aliphatic heterocycles. The maximum Gasteiger partial charge on any atom is 0.573 e. The van der Waals surface area contributed by atoms with Crippen LogP contribution in [0, 0.1) is 5.95 Å². The number of aromatic nitrogens is 1. The number of nitrogens with one attached hydrogen (secondary N) is 1. The first-order valence-electron chi connectivity index (χ1n) is 12.4. The fourth-order valence-corrected chi connectivity index (χ4v) is 4.74. The minimum absolute atomic E-state index is 0.0552. The van der Waals surface area contributed by atoms with E-state index in [1.54, 1.807) is 36.4 Å². The van der Waals surface area contributed by atoms with Gasteiger partial charge in [0.25, 0.3) is 0 Å². The van der Waals surface area contributed by atoms with Crippen LogP contribution in [0.5, 0.6) is 5.75 Å². The minimum atomic E-state index is -4.98. The molecule has 0 radical (unpaired) electrons. The zero-order chi connectivity index (χ0) is 27.6. The molecule has 0 unspecified atom stereocenters. The molecule has 1 amide bonds. The molecule has 2 aromatic carbocycles. The highest BCUT2D eigenvalue weighted by Crippen LogP contribution is 2.44. The van der Waals surface area contributed by atoms with Crippen molar-refractivity contribution in [3.63, 3.8) is 0 Å². The molecule has 11 heteroatoms. The van der Waals surface area contributed by atoms with Gasteiger partial charge in [-0.05, 0) is 54.3 Å². The number of amides is 1. The summed E-state index contributed by atoms with van der Waals surface area (Å²) in [5.41, 5.74) is 0.600. The lowest BCUT2D eigenvalue weighted by atomic mass is 9.99. The molecule has 1 aliphatic carbocycles. The van der Waals surface area contributed by atoms with Crippen LogP contribution < -0.4 is 10.1 Å². The van der Waals surface area contributed by atoms with Gasteiger partial charge in [0.2, 0.25) is 11.9 Å². The smallest absolute Gasteiger partial charge is 0.404 e. The fraction of sp³-hybridized carbons (Fsp3) is 0.321. The number of carbonyl (C=O) groups is 2. The molecule has 39 heavy (non-hydrogen) atoms. The molecule has 2 aliphatic rings. The summed E-state index contributed by atoms with van der Waals surface area (Å²) >= 11 is 0. The molecule has 1 aromatic heterocycles. The van der Waals surface area contributed by atoms with E-state index in [-0.39, 0.29) is 23.5 Å². The number of benzene rings is 2. The SMILES string of the molecule is O=C(Cc1ccc(-c2cccnc2F)cc1)c1ccc(OC(F)(F)F)c(NC(=O)C2(N3CCOCC3)CC2)c1. The molecule has 1 saturated heterocycles. The van der Waals surface area contributed by atoms with Crippen LogP contribution in [0.15, 0.2) is 60.8 Å². The quantitative estimate of drug-likeness (QED) is 0.244. The standard InChI is InChI=1S/C28H25F4N3O4/c29-25-21(2-1-11-33-25)19-5-3-18(4-6-19)16-23(36)20-7-8-24(39-28(30,31)32)22(17-20)34-26(37)27(9-10-27)35-12-14-38-15-13-35/h1-8,11,17H,9-10,12-16H2,(H,34,37). The van der Waals surface area contributed by atoms with Crippen LogP contribution in [-0.2, 0) is 16.0 Å². The van der Waals surface area contributed by atoms with E-state index in [1.165, 1.54) is 18.3 Å². The fourth-order valence-electron chi connectivity index (χ4n) is 4.74. The summed E-state index contributed by atoms with van der Waals surface area (Å²) in [6, 6.07) is 13.3. The molecule has 204 valence electrons. The Morgan fingerprint density at radius 3 is 2.41 bits per heavy atom. The molecule has 2 fully saturated rings. The van der Waals surface area contributed by atoms with Gasteiger partial charge in [0.15, 0.2) is 11.5 Å². The van der Waals surface area contributed by atoms with Gasteiger partial charge in [-0.2, -0.15) is 4.39 Å². The van der Waals surface area contributed by atoms with Gasteiger partial charge < -0.3 is 14.8 Å². The molecule has 0 spiro atoms. The van der Waals surface area contributed by atoms with E-state index in [9.17, 15) is 27.2 Å². The summed E-state index contributed by atoms with van der Waals surface area (Å²) in [7, 11) is 0. The molecule has 1 saturated carbocycles. The topological polar surface area (TPSA) is 80.8 Å². The van der Waals surface area contributed by atoms with Crippen molar-refractivity contribution in [3.8, 4) is 16.9 Å². The van der Waals surface area contributed by atoms with Crippen LogP contribution in [0.4, 0.5) is 23.2 Å². The zero-order valence-corrected chi connectivity index (χ0v) is 20.8. The Hall–Kier alpha value is -3.83. The van der Waals surface area contributed by atoms with E-state index in [4.69, 9.17) is 4.74 Å². The van der Waals surface area contributed by atoms with Gasteiger partial charge in [-0.1, -0.05) is 24.3 Å². The second kappa shape index (κ2) is 10.7. The van der Waals surface area contributed by atoms with E-state index in [1.807, 2.05) is 4.90 Å². The van der Waals surface area contributed by atoms with E-state index in [0.717, 1.165) is 6.07 Å². The maximum absolute atomic E-state index is 14.0. The van der Waals surface area contributed by atoms with Gasteiger partial charge in [-0.25, -0.2) is 4.98 Å². The van der Waals surface area contributed by atoms with Crippen molar-refractivity contribution in [2.45, 2.75) is 31.2 Å². The van der Waals surface area contributed by atoms with Crippen molar-refractivity contribution in [2.24, 2.45) is 0 Å². The summed E-state index contributed by atoms with van der Waals surface area (Å²) in [5.74, 6) is -2.04. The Morgan fingerprint density at radius 2 is 1.77 bits per heavy atom. The molecule has 0 bridgehead atoms. The predicted octanol–water partition coefficient (Wildman–Crippen LogP) is 5.02. The Bertz CT molecular complexity index is 1370. The number of morpholine rings is 1. The molecule has 7 nitrogen and oxygen atoms in total. The number of carbonyl (C=O) groups excluding carboxylic acids is 2. The number of halogens is 4. The lowest BCUT2D eigenvalue weighted by molar-refractivity contribution is -0.274. The van der Waals surface area contributed by atoms with E-state index in [2.05, 4.69) is 15.0 Å². The average molecular weight is 544 g/mol. The number of alkyl halides is 3. The van der Waals surface area contributed by atoms with Crippen molar-refractivity contribution in [3.05, 3.63) is 77.9 Å². The Balaban J connectivity index is 1.34. The third kappa shape index (κ3) is 6.10. The summed E-state index contributed by atoms with van der Waals surface area (Å²) in [4.78, 5) is 31.9. The zero-order valence-electron chi connectivity index (χ0n) is 20.8. The molecule has 2 heterocycles. The third-order valence-corrected chi connectivity index (χ3v) is 6.93. The highest BCUT2D eigenvalue weighted by atomic mass is 19.4. The van der Waals surface area contributed by atoms with Crippen LogP contribution in [0.3, 0.4) is 0 Å². The minimum Gasteiger partial charge on any atom is -0.404 e. The van der Waals surface area contributed by atoms with Crippen LogP contribution in [0.25, 0.3) is 11.1 Å². The first-order valence-corrected chi connectivity index (χ1v) is 12.4. The first-order chi connectivity index (χ1) is 18.6. The summed E-state index contributed by atoms with van der Waals surface area (Å²) < 4.78 is 62.7. The van der Waals surface area contributed by atoms with E-state index < -0.39 is 29.5 Å². The van der Waals surface area contributed by atoms with Crippen LogP contribution in [-0.4, -0.2) is 59.8 Å². The van der Waals surface area contributed by atoms with Crippen LogP contribution in [0.1, 0.15) is 28.8 Å². The monoisotopic (exact) mass is 543 g/mol. The van der Waals surface area contributed by atoms with Crippen molar-refractivity contribution >= 4 is 17.4 Å². The average Bonchev–Trinajstić information content (AvgIpc) is 3.73. The van der Waals surface area contributed by atoms with Gasteiger partial charge in [-0.15, -0.1) is 13.2 Å². The molecular formula is C28H25F4N3O4.